The number of aromatic nitrogens is 2. The van der Waals surface area contributed by atoms with Gasteiger partial charge in [-0.25, -0.2) is 0 Å². The maximum atomic E-state index is 4.24. The van der Waals surface area contributed by atoms with Crippen LogP contribution in [0.2, 0.25) is 0 Å². The Bertz CT molecular complexity index is 326. The summed E-state index contributed by atoms with van der Waals surface area (Å²) in [5, 5.41) is 14.0. The van der Waals surface area contributed by atoms with Crippen molar-refractivity contribution in [3.63, 3.8) is 0 Å². The van der Waals surface area contributed by atoms with E-state index in [-0.39, 0.29) is 0 Å². The minimum absolute atomic E-state index is 0.610. The molecule has 0 radical (unpaired) electrons. The van der Waals surface area contributed by atoms with Crippen LogP contribution >= 0.6 is 11.3 Å². The normalized spacial score (nSPS) is 20.6. The molecule has 1 unspecified atom stereocenters. The molecule has 1 aromatic heterocycles. The molecule has 5 heteroatoms. The maximum Gasteiger partial charge on any atom is 0.208 e. The average molecular weight is 240 g/mol. The molecule has 2 heterocycles. The summed E-state index contributed by atoms with van der Waals surface area (Å²) in [7, 11) is 0. The Morgan fingerprint density at radius 3 is 3.06 bits per heavy atom. The van der Waals surface area contributed by atoms with Gasteiger partial charge in [-0.2, -0.15) is 0 Å². The number of hydrogen-bond donors (Lipinski definition) is 1. The molecule has 0 saturated carbocycles. The number of nitrogens with zero attached hydrogens (tertiary/aromatic N) is 3. The number of nitrogens with one attached hydrogen (secondary N) is 1. The minimum atomic E-state index is 0.610. The lowest BCUT2D eigenvalue weighted by atomic mass is 10.2. The van der Waals surface area contributed by atoms with Crippen LogP contribution < -0.4 is 10.2 Å². The summed E-state index contributed by atoms with van der Waals surface area (Å²) in [4.78, 5) is 2.41. The van der Waals surface area contributed by atoms with Gasteiger partial charge < -0.3 is 10.2 Å². The second-order valence-corrected chi connectivity index (χ2v) is 5.46. The SMILES string of the molecule is CCCNCC1CCCN1c1nnc(C)s1. The molecule has 2 rings (SSSR count). The molecule has 1 saturated heterocycles. The molecule has 0 aliphatic carbocycles. The van der Waals surface area contributed by atoms with Gasteiger partial charge in [0, 0.05) is 19.1 Å². The fourth-order valence-electron chi connectivity index (χ4n) is 2.15. The molecule has 4 nitrogen and oxygen atoms in total. The highest BCUT2D eigenvalue weighted by atomic mass is 32.1. The number of aryl methyl sites for hydroxylation is 1. The van der Waals surface area contributed by atoms with Gasteiger partial charge in [-0.05, 0) is 32.7 Å². The lowest BCUT2D eigenvalue weighted by Gasteiger charge is -2.23. The number of anilines is 1. The van der Waals surface area contributed by atoms with Crippen molar-refractivity contribution < 1.29 is 0 Å². The van der Waals surface area contributed by atoms with E-state index in [2.05, 4.69) is 27.3 Å². The molecule has 1 atom stereocenters. The fourth-order valence-corrected chi connectivity index (χ4v) is 2.93. The Balaban J connectivity index is 1.92. The molecule has 0 bridgehead atoms. The molecule has 0 amide bonds. The van der Waals surface area contributed by atoms with Gasteiger partial charge in [0.15, 0.2) is 0 Å². The second kappa shape index (κ2) is 5.59. The van der Waals surface area contributed by atoms with Crippen LogP contribution in [-0.2, 0) is 0 Å². The summed E-state index contributed by atoms with van der Waals surface area (Å²) < 4.78 is 0. The molecular weight excluding hydrogens is 220 g/mol. The molecule has 0 aromatic carbocycles. The van der Waals surface area contributed by atoms with E-state index >= 15 is 0 Å². The van der Waals surface area contributed by atoms with E-state index in [0.717, 1.165) is 29.8 Å². The monoisotopic (exact) mass is 240 g/mol. The van der Waals surface area contributed by atoms with Crippen molar-refractivity contribution in [2.45, 2.75) is 39.2 Å². The van der Waals surface area contributed by atoms with Crippen molar-refractivity contribution >= 4 is 16.5 Å². The van der Waals surface area contributed by atoms with Crippen LogP contribution in [0, 0.1) is 6.92 Å². The first-order chi connectivity index (χ1) is 7.81. The van der Waals surface area contributed by atoms with E-state index in [1.54, 1.807) is 11.3 Å². The predicted molar refractivity (Wildman–Crippen MR) is 68.2 cm³/mol. The number of rotatable bonds is 5. The van der Waals surface area contributed by atoms with Crippen LogP contribution in [0.5, 0.6) is 0 Å². The van der Waals surface area contributed by atoms with Crippen LogP contribution in [-0.4, -0.2) is 35.9 Å². The predicted octanol–water partition coefficient (Wildman–Crippen LogP) is 1.81. The maximum absolute atomic E-state index is 4.24. The van der Waals surface area contributed by atoms with Crippen LogP contribution in [0.1, 0.15) is 31.2 Å². The third-order valence-electron chi connectivity index (χ3n) is 2.94. The quantitative estimate of drug-likeness (QED) is 0.797. The van der Waals surface area contributed by atoms with Crippen LogP contribution in [0.15, 0.2) is 0 Å². The van der Waals surface area contributed by atoms with Crippen LogP contribution in [0.3, 0.4) is 0 Å². The van der Waals surface area contributed by atoms with Gasteiger partial charge in [0.25, 0.3) is 0 Å². The molecule has 1 aliphatic rings. The van der Waals surface area contributed by atoms with E-state index in [1.165, 1.54) is 19.3 Å². The summed E-state index contributed by atoms with van der Waals surface area (Å²) in [5.74, 6) is 0. The van der Waals surface area contributed by atoms with E-state index < -0.39 is 0 Å². The molecule has 16 heavy (non-hydrogen) atoms. The Morgan fingerprint density at radius 1 is 1.50 bits per heavy atom. The first-order valence-corrected chi connectivity index (χ1v) is 6.90. The highest BCUT2D eigenvalue weighted by molar-refractivity contribution is 7.15. The molecule has 0 spiro atoms. The topological polar surface area (TPSA) is 41.0 Å². The van der Waals surface area contributed by atoms with E-state index in [4.69, 9.17) is 0 Å². The number of hydrogen-bond acceptors (Lipinski definition) is 5. The summed E-state index contributed by atoms with van der Waals surface area (Å²) in [6, 6.07) is 0.610. The van der Waals surface area contributed by atoms with Crippen molar-refractivity contribution in [1.29, 1.82) is 0 Å². The Hall–Kier alpha value is -0.680. The van der Waals surface area contributed by atoms with Gasteiger partial charge in [0.05, 0.1) is 0 Å². The third kappa shape index (κ3) is 2.71. The van der Waals surface area contributed by atoms with Gasteiger partial charge >= 0.3 is 0 Å². The average Bonchev–Trinajstić information content (AvgIpc) is 2.87. The highest BCUT2D eigenvalue weighted by Gasteiger charge is 2.26. The van der Waals surface area contributed by atoms with E-state index in [0.29, 0.717) is 6.04 Å². The van der Waals surface area contributed by atoms with Gasteiger partial charge in [0.1, 0.15) is 5.01 Å². The Morgan fingerprint density at radius 2 is 2.38 bits per heavy atom. The lowest BCUT2D eigenvalue weighted by Crippen LogP contribution is -2.38. The largest absolute Gasteiger partial charge is 0.342 e. The van der Waals surface area contributed by atoms with Crippen molar-refractivity contribution in [3.8, 4) is 0 Å². The van der Waals surface area contributed by atoms with Crippen molar-refractivity contribution in [1.82, 2.24) is 15.5 Å². The highest BCUT2D eigenvalue weighted by Crippen LogP contribution is 2.27. The second-order valence-electron chi connectivity index (χ2n) is 4.30. The lowest BCUT2D eigenvalue weighted by molar-refractivity contribution is 0.569. The molecule has 1 aromatic rings. The molecule has 1 fully saturated rings. The van der Waals surface area contributed by atoms with Crippen molar-refractivity contribution in [3.05, 3.63) is 5.01 Å². The van der Waals surface area contributed by atoms with E-state index in [9.17, 15) is 0 Å². The summed E-state index contributed by atoms with van der Waals surface area (Å²) in [6.07, 6.45) is 3.75. The molecule has 90 valence electrons. The van der Waals surface area contributed by atoms with Crippen LogP contribution in [0.25, 0.3) is 0 Å². The van der Waals surface area contributed by atoms with Gasteiger partial charge in [-0.15, -0.1) is 10.2 Å². The van der Waals surface area contributed by atoms with Gasteiger partial charge in [0.2, 0.25) is 5.13 Å². The molecular formula is C11H20N4S. The fraction of sp³-hybridized carbons (Fsp3) is 0.818. The first kappa shape index (κ1) is 11.8. The van der Waals surface area contributed by atoms with Crippen LogP contribution in [0.4, 0.5) is 5.13 Å². The molecule has 1 aliphatic heterocycles. The molecule has 1 N–H and O–H groups in total. The Kier molecular flexibility index (Phi) is 4.12. The Labute approximate surface area is 101 Å². The summed E-state index contributed by atoms with van der Waals surface area (Å²) >= 11 is 1.70. The summed E-state index contributed by atoms with van der Waals surface area (Å²) in [6.45, 7) is 7.54. The zero-order valence-corrected chi connectivity index (χ0v) is 10.9. The van der Waals surface area contributed by atoms with Gasteiger partial charge in [-0.3, -0.25) is 0 Å². The third-order valence-corrected chi connectivity index (χ3v) is 3.82. The standard InChI is InChI=1S/C11H20N4S/c1-3-6-12-8-10-5-4-7-15(10)11-14-13-9(2)16-11/h10,12H,3-8H2,1-2H3. The zero-order chi connectivity index (χ0) is 11.4. The minimum Gasteiger partial charge on any atom is -0.342 e. The van der Waals surface area contributed by atoms with Gasteiger partial charge in [-0.1, -0.05) is 18.3 Å². The summed E-state index contributed by atoms with van der Waals surface area (Å²) in [5.41, 5.74) is 0. The first-order valence-electron chi connectivity index (χ1n) is 6.08. The zero-order valence-electron chi connectivity index (χ0n) is 10.1. The van der Waals surface area contributed by atoms with E-state index in [1.807, 2.05) is 6.92 Å². The smallest absolute Gasteiger partial charge is 0.208 e. The van der Waals surface area contributed by atoms with Crippen molar-refractivity contribution in [2.24, 2.45) is 0 Å². The van der Waals surface area contributed by atoms with Crippen molar-refractivity contribution in [2.75, 3.05) is 24.5 Å².